The van der Waals surface area contributed by atoms with Crippen LogP contribution in [0.1, 0.15) is 6.42 Å². The molecule has 1 aromatic heterocycles. The summed E-state index contributed by atoms with van der Waals surface area (Å²) in [7, 11) is -9.94. The molecule has 0 fully saturated rings. The Morgan fingerprint density at radius 1 is 0.692 bits per heavy atom. The molecule has 6 nitrogen and oxygen atoms in total. The lowest BCUT2D eigenvalue weighted by molar-refractivity contribution is -0.177. The fourth-order valence-corrected chi connectivity index (χ4v) is 8.82. The molecule has 0 radical (unpaired) electrons. The topological polar surface area (TPSA) is 82.6 Å². The number of halogens is 4. The van der Waals surface area contributed by atoms with Crippen molar-refractivity contribution in [2.45, 2.75) is 32.3 Å². The number of rotatable bonds is 10. The van der Waals surface area contributed by atoms with Crippen molar-refractivity contribution >= 4 is 26.4 Å². The van der Waals surface area contributed by atoms with Crippen LogP contribution < -0.4 is 4.74 Å². The third-order valence-corrected chi connectivity index (χ3v) is 10.7. The van der Waals surface area contributed by atoms with E-state index >= 15 is 8.78 Å². The fourth-order valence-electron chi connectivity index (χ4n) is 3.58. The Labute approximate surface area is 223 Å². The van der Waals surface area contributed by atoms with Crippen molar-refractivity contribution in [1.29, 1.82) is 0 Å². The van der Waals surface area contributed by atoms with Crippen LogP contribution in [0.15, 0.2) is 130 Å². The normalized spacial score (nSPS) is 13.0. The fraction of sp³-hybridized carbons (Fsp3) is 0.111. The van der Waals surface area contributed by atoms with Crippen molar-refractivity contribution in [3.05, 3.63) is 116 Å². The van der Waals surface area contributed by atoms with Crippen LogP contribution in [0.2, 0.25) is 0 Å². The monoisotopic (exact) mass is 579 g/mol. The number of carbonyl (C=O) groups is 1. The number of carbonyl (C=O) groups excluding carboxylic acids is 1. The molecule has 0 saturated carbocycles. The van der Waals surface area contributed by atoms with Crippen molar-refractivity contribution < 1.29 is 39.1 Å². The molecule has 3 aromatic carbocycles. The first kappa shape index (κ1) is 28.3. The zero-order chi connectivity index (χ0) is 28.2. The summed E-state index contributed by atoms with van der Waals surface area (Å²) in [6.07, 6.45) is 0.148. The van der Waals surface area contributed by atoms with Crippen molar-refractivity contribution in [3.8, 4) is 5.75 Å². The van der Waals surface area contributed by atoms with Crippen molar-refractivity contribution in [1.82, 2.24) is 4.98 Å². The predicted molar refractivity (Wildman–Crippen MR) is 136 cm³/mol. The van der Waals surface area contributed by atoms with Gasteiger partial charge in [0.25, 0.3) is 0 Å². The summed E-state index contributed by atoms with van der Waals surface area (Å²) in [4.78, 5) is 16.2. The van der Waals surface area contributed by atoms with Crippen LogP contribution in [0.4, 0.5) is 17.6 Å². The van der Waals surface area contributed by atoms with E-state index in [-0.39, 0.29) is 20.4 Å². The molecule has 4 rings (SSSR count). The molecule has 0 saturated heterocycles. The number of hydrogen-bond acceptors (Lipinski definition) is 6. The molecule has 0 aliphatic heterocycles. The average molecular weight is 580 g/mol. The molecule has 0 aliphatic carbocycles. The number of hydrogen-bond donors (Lipinski definition) is 0. The molecule has 12 heteroatoms. The van der Waals surface area contributed by atoms with Crippen LogP contribution in [-0.2, 0) is 18.5 Å². The zero-order valence-corrected chi connectivity index (χ0v) is 21.6. The molecular weight excluding hydrogens is 558 g/mol. The smallest absolute Gasteiger partial charge is 0.426 e. The number of esters is 1. The Hall–Kier alpha value is -3.74. The highest BCUT2D eigenvalue weighted by Crippen LogP contribution is 2.70. The van der Waals surface area contributed by atoms with Gasteiger partial charge < -0.3 is 4.74 Å². The summed E-state index contributed by atoms with van der Waals surface area (Å²) in [5.74, 6) is -7.38. The maximum atomic E-state index is 15.3. The first-order valence-corrected chi connectivity index (χ1v) is 14.3. The maximum absolute atomic E-state index is 15.3. The summed E-state index contributed by atoms with van der Waals surface area (Å²) < 4.78 is 96.7. The van der Waals surface area contributed by atoms with Gasteiger partial charge in [-0.25, -0.2) is 3.63 Å². The van der Waals surface area contributed by atoms with Gasteiger partial charge >= 0.3 is 27.3 Å². The van der Waals surface area contributed by atoms with E-state index < -0.39 is 44.0 Å². The van der Waals surface area contributed by atoms with Crippen LogP contribution >= 0.6 is 10.3 Å². The molecular formula is C27H21F4NO5S2. The van der Waals surface area contributed by atoms with E-state index in [0.717, 1.165) is 12.1 Å². The molecule has 0 amide bonds. The molecule has 0 bridgehead atoms. The third-order valence-electron chi connectivity index (χ3n) is 5.40. The highest BCUT2D eigenvalue weighted by atomic mass is 32.3. The van der Waals surface area contributed by atoms with Crippen LogP contribution in [0.5, 0.6) is 5.75 Å². The number of benzene rings is 3. The number of alkyl halides is 4. The second-order valence-corrected chi connectivity index (χ2v) is 12.6. The molecule has 39 heavy (non-hydrogen) atoms. The van der Waals surface area contributed by atoms with Gasteiger partial charge in [0.1, 0.15) is 12.2 Å². The summed E-state index contributed by atoms with van der Waals surface area (Å²) in [6, 6.07) is 25.2. The second-order valence-electron chi connectivity index (χ2n) is 8.07. The van der Waals surface area contributed by atoms with Gasteiger partial charge in [-0.2, -0.15) is 26.0 Å². The van der Waals surface area contributed by atoms with E-state index in [1.165, 1.54) is 48.8 Å². The Bertz CT molecular complexity index is 1410. The van der Waals surface area contributed by atoms with Gasteiger partial charge in [0.15, 0.2) is 0 Å². The van der Waals surface area contributed by atoms with Crippen LogP contribution in [0.3, 0.4) is 0 Å². The Balaban J connectivity index is 1.78. The number of aromatic nitrogens is 1. The Morgan fingerprint density at radius 3 is 1.51 bits per heavy atom. The molecule has 204 valence electrons. The SMILES string of the molecule is O=C(CC(F)(F)C(F)(F)S(=O)(=O)OS(c1ccccc1)(c1ccccc1)c1ccccc1)Oc1ccncc1. The van der Waals surface area contributed by atoms with Crippen LogP contribution in [0, 0.1) is 0 Å². The van der Waals surface area contributed by atoms with Crippen molar-refractivity contribution in [2.75, 3.05) is 0 Å². The largest absolute Gasteiger partial charge is 0.433 e. The molecule has 0 aliphatic rings. The van der Waals surface area contributed by atoms with E-state index in [1.807, 2.05) is 0 Å². The van der Waals surface area contributed by atoms with Crippen LogP contribution in [0.25, 0.3) is 0 Å². The minimum absolute atomic E-state index is 0.169. The van der Waals surface area contributed by atoms with E-state index in [1.54, 1.807) is 54.6 Å². The third kappa shape index (κ3) is 5.68. The van der Waals surface area contributed by atoms with Gasteiger partial charge in [0.05, 0.1) is 0 Å². The maximum Gasteiger partial charge on any atom is 0.433 e. The Morgan fingerprint density at radius 2 is 1.10 bits per heavy atom. The summed E-state index contributed by atoms with van der Waals surface area (Å²) in [6.45, 7) is 0. The van der Waals surface area contributed by atoms with Gasteiger partial charge in [-0.05, 0) is 58.8 Å². The lowest BCUT2D eigenvalue weighted by Crippen LogP contribution is -2.49. The lowest BCUT2D eigenvalue weighted by atomic mass is 10.2. The zero-order valence-electron chi connectivity index (χ0n) is 20.0. The van der Waals surface area contributed by atoms with E-state index in [2.05, 4.69) is 9.72 Å². The molecule has 0 N–H and O–H groups in total. The van der Waals surface area contributed by atoms with Gasteiger partial charge in [-0.1, -0.05) is 54.6 Å². The predicted octanol–water partition coefficient (Wildman–Crippen LogP) is 6.85. The first-order valence-electron chi connectivity index (χ1n) is 11.3. The Kier molecular flexibility index (Phi) is 8.09. The second kappa shape index (κ2) is 11.2. The first-order chi connectivity index (χ1) is 18.5. The van der Waals surface area contributed by atoms with Gasteiger partial charge in [0, 0.05) is 27.1 Å². The standard InChI is InChI=1S/C27H21F4NO5S2/c28-26(29,20-25(33)36-21-16-18-32-19-17-21)27(30,31)39(34,35)37-38(22-10-4-1-5-11-22,23-12-6-2-7-13-23)24-14-8-3-9-15-24/h1-19H,20H2. The quantitative estimate of drug-likeness (QED) is 0.151. The average Bonchev–Trinajstić information content (AvgIpc) is 2.93. The molecule has 4 aromatic rings. The van der Waals surface area contributed by atoms with Gasteiger partial charge in [0.2, 0.25) is 0 Å². The minimum atomic E-state index is -6.40. The number of pyridine rings is 1. The number of ether oxygens (including phenoxy) is 1. The lowest BCUT2D eigenvalue weighted by Gasteiger charge is -2.40. The molecule has 0 atom stereocenters. The van der Waals surface area contributed by atoms with Crippen molar-refractivity contribution in [3.63, 3.8) is 0 Å². The van der Waals surface area contributed by atoms with Crippen molar-refractivity contribution in [2.24, 2.45) is 0 Å². The number of nitrogens with zero attached hydrogens (tertiary/aromatic N) is 1. The summed E-state index contributed by atoms with van der Waals surface area (Å²) in [5, 5.41) is -5.81. The van der Waals surface area contributed by atoms with E-state index in [9.17, 15) is 22.0 Å². The van der Waals surface area contributed by atoms with Gasteiger partial charge in [-0.15, -0.1) is 0 Å². The highest BCUT2D eigenvalue weighted by Gasteiger charge is 2.69. The van der Waals surface area contributed by atoms with E-state index in [4.69, 9.17) is 3.63 Å². The molecule has 1 heterocycles. The minimum Gasteiger partial charge on any atom is -0.426 e. The highest BCUT2D eigenvalue weighted by molar-refractivity contribution is 8.33. The summed E-state index contributed by atoms with van der Waals surface area (Å²) >= 11 is 0. The van der Waals surface area contributed by atoms with Gasteiger partial charge in [-0.3, -0.25) is 9.78 Å². The van der Waals surface area contributed by atoms with E-state index in [0.29, 0.717) is 0 Å². The molecule has 0 spiro atoms. The van der Waals surface area contributed by atoms with Crippen LogP contribution in [-0.4, -0.2) is 30.5 Å². The molecule has 0 unspecified atom stereocenters. The summed E-state index contributed by atoms with van der Waals surface area (Å²) in [5.41, 5.74) is 0.